The third-order valence-electron chi connectivity index (χ3n) is 3.60. The molecular formula is C16H25NO2. The second-order valence-corrected chi connectivity index (χ2v) is 5.20. The minimum absolute atomic E-state index is 0.00719. The molecule has 1 aromatic carbocycles. The number of nitrogens with one attached hydrogen (secondary N) is 1. The van der Waals surface area contributed by atoms with E-state index in [4.69, 9.17) is 5.11 Å². The first-order valence-electron chi connectivity index (χ1n) is 7.06. The third-order valence-corrected chi connectivity index (χ3v) is 3.60. The summed E-state index contributed by atoms with van der Waals surface area (Å²) in [5.41, 5.74) is 1.06. The van der Waals surface area contributed by atoms with Gasteiger partial charge in [-0.2, -0.15) is 0 Å². The van der Waals surface area contributed by atoms with E-state index in [1.54, 1.807) is 0 Å². The minimum Gasteiger partial charge on any atom is -0.396 e. The van der Waals surface area contributed by atoms with Crippen molar-refractivity contribution >= 4 is 5.91 Å². The number of rotatable bonds is 7. The van der Waals surface area contributed by atoms with Crippen LogP contribution in [0, 0.1) is 5.92 Å². The molecule has 1 rings (SSSR count). The maximum absolute atomic E-state index is 12.4. The van der Waals surface area contributed by atoms with E-state index in [1.165, 1.54) is 0 Å². The Hall–Kier alpha value is -1.35. The van der Waals surface area contributed by atoms with Crippen LogP contribution in [0.15, 0.2) is 30.3 Å². The molecule has 0 aliphatic carbocycles. The zero-order chi connectivity index (χ0) is 14.3. The van der Waals surface area contributed by atoms with Gasteiger partial charge in [0.2, 0.25) is 5.91 Å². The van der Waals surface area contributed by atoms with Gasteiger partial charge in [-0.05, 0) is 24.8 Å². The van der Waals surface area contributed by atoms with Gasteiger partial charge in [-0.1, -0.05) is 50.6 Å². The third kappa shape index (κ3) is 4.67. The molecule has 0 spiro atoms. The molecule has 3 heteroatoms. The summed E-state index contributed by atoms with van der Waals surface area (Å²) in [5.74, 6) is 0.234. The molecule has 0 fully saturated rings. The van der Waals surface area contributed by atoms with Crippen LogP contribution < -0.4 is 5.32 Å². The molecule has 3 nitrogen and oxygen atoms in total. The monoisotopic (exact) mass is 263 g/mol. The number of benzene rings is 1. The Morgan fingerprint density at radius 2 is 1.89 bits per heavy atom. The maximum Gasteiger partial charge on any atom is 0.228 e. The van der Waals surface area contributed by atoms with E-state index in [-0.39, 0.29) is 24.5 Å². The first-order valence-corrected chi connectivity index (χ1v) is 7.06. The number of carbonyl (C=O) groups excluding carboxylic acids is 1. The largest absolute Gasteiger partial charge is 0.396 e. The van der Waals surface area contributed by atoms with E-state index in [0.717, 1.165) is 12.0 Å². The van der Waals surface area contributed by atoms with Crippen LogP contribution in [0.3, 0.4) is 0 Å². The van der Waals surface area contributed by atoms with Crippen molar-refractivity contribution in [2.24, 2.45) is 5.92 Å². The zero-order valence-electron chi connectivity index (χ0n) is 12.1. The lowest BCUT2D eigenvalue weighted by Gasteiger charge is -2.24. The number of hydrogen-bond acceptors (Lipinski definition) is 2. The van der Waals surface area contributed by atoms with Crippen molar-refractivity contribution in [3.8, 4) is 0 Å². The van der Waals surface area contributed by atoms with Gasteiger partial charge >= 0.3 is 0 Å². The molecule has 0 radical (unpaired) electrons. The molecule has 0 saturated carbocycles. The molecule has 19 heavy (non-hydrogen) atoms. The summed E-state index contributed by atoms with van der Waals surface area (Å²) < 4.78 is 0. The van der Waals surface area contributed by atoms with Gasteiger partial charge in [0.15, 0.2) is 0 Å². The first-order chi connectivity index (χ1) is 9.10. The fraction of sp³-hybridized carbons (Fsp3) is 0.562. The lowest BCUT2D eigenvalue weighted by molar-refractivity contribution is -0.124. The predicted octanol–water partition coefficient (Wildman–Crippen LogP) is 2.70. The normalized spacial score (nSPS) is 15.6. The van der Waals surface area contributed by atoms with Crippen molar-refractivity contribution in [1.82, 2.24) is 5.32 Å². The van der Waals surface area contributed by atoms with Crippen molar-refractivity contribution in [1.29, 1.82) is 0 Å². The van der Waals surface area contributed by atoms with E-state index >= 15 is 0 Å². The molecule has 0 aromatic heterocycles. The van der Waals surface area contributed by atoms with Crippen molar-refractivity contribution in [2.45, 2.75) is 45.6 Å². The van der Waals surface area contributed by atoms with Gasteiger partial charge in [0.25, 0.3) is 0 Å². The number of aliphatic hydroxyl groups excluding tert-OH is 1. The summed E-state index contributed by atoms with van der Waals surface area (Å²) in [6, 6.07) is 9.92. The van der Waals surface area contributed by atoms with E-state index in [0.29, 0.717) is 12.3 Å². The van der Waals surface area contributed by atoms with Gasteiger partial charge in [0.05, 0.1) is 5.92 Å². The predicted molar refractivity (Wildman–Crippen MR) is 77.9 cm³/mol. The van der Waals surface area contributed by atoms with E-state index in [2.05, 4.69) is 19.2 Å². The second-order valence-electron chi connectivity index (χ2n) is 5.20. The summed E-state index contributed by atoms with van der Waals surface area (Å²) in [6.07, 6.45) is 1.55. The highest BCUT2D eigenvalue weighted by molar-refractivity contribution is 5.84. The summed E-state index contributed by atoms with van der Waals surface area (Å²) in [7, 11) is 0. The van der Waals surface area contributed by atoms with E-state index in [9.17, 15) is 4.79 Å². The van der Waals surface area contributed by atoms with Crippen LogP contribution in [0.4, 0.5) is 0 Å². The minimum atomic E-state index is -0.118. The molecule has 1 amide bonds. The number of aliphatic hydroxyl groups is 1. The molecule has 2 N–H and O–H groups in total. The molecule has 0 aliphatic rings. The summed E-state index contributed by atoms with van der Waals surface area (Å²) in [4.78, 5) is 12.4. The number of amides is 1. The van der Waals surface area contributed by atoms with Crippen molar-refractivity contribution in [3.05, 3.63) is 35.9 Å². The molecule has 0 saturated heterocycles. The topological polar surface area (TPSA) is 49.3 Å². The molecule has 3 unspecified atom stereocenters. The fourth-order valence-corrected chi connectivity index (χ4v) is 2.23. The average Bonchev–Trinajstić information content (AvgIpc) is 2.40. The fourth-order valence-electron chi connectivity index (χ4n) is 2.23. The lowest BCUT2D eigenvalue weighted by atomic mass is 9.84. The van der Waals surface area contributed by atoms with E-state index in [1.807, 2.05) is 37.3 Å². The Morgan fingerprint density at radius 3 is 2.42 bits per heavy atom. The molecule has 3 atom stereocenters. The van der Waals surface area contributed by atoms with Gasteiger partial charge < -0.3 is 10.4 Å². The first kappa shape index (κ1) is 15.7. The summed E-state index contributed by atoms with van der Waals surface area (Å²) >= 11 is 0. The van der Waals surface area contributed by atoms with Crippen LogP contribution in [0.2, 0.25) is 0 Å². The van der Waals surface area contributed by atoms with Gasteiger partial charge in [0.1, 0.15) is 0 Å². The molecule has 0 heterocycles. The van der Waals surface area contributed by atoms with Crippen LogP contribution in [-0.2, 0) is 4.79 Å². The Kier molecular flexibility index (Phi) is 6.57. The van der Waals surface area contributed by atoms with Crippen molar-refractivity contribution in [3.63, 3.8) is 0 Å². The van der Waals surface area contributed by atoms with Crippen LogP contribution in [0.25, 0.3) is 0 Å². The maximum atomic E-state index is 12.4. The smallest absolute Gasteiger partial charge is 0.228 e. The zero-order valence-corrected chi connectivity index (χ0v) is 12.1. The van der Waals surface area contributed by atoms with Gasteiger partial charge in [0, 0.05) is 12.6 Å². The summed E-state index contributed by atoms with van der Waals surface area (Å²) in [5, 5.41) is 11.9. The van der Waals surface area contributed by atoms with Crippen molar-refractivity contribution < 1.29 is 9.90 Å². The number of carbonyl (C=O) groups is 1. The van der Waals surface area contributed by atoms with Crippen LogP contribution in [-0.4, -0.2) is 23.7 Å². The van der Waals surface area contributed by atoms with Crippen molar-refractivity contribution in [2.75, 3.05) is 6.61 Å². The van der Waals surface area contributed by atoms with Gasteiger partial charge in [-0.25, -0.2) is 0 Å². The standard InChI is InChI=1S/C16H25NO2/c1-4-12(2)15(14-8-6-5-7-9-14)16(19)17-13(3)10-11-18/h5-9,12-13,15,18H,4,10-11H2,1-3H3,(H,17,19). The van der Waals surface area contributed by atoms with Crippen LogP contribution in [0.1, 0.15) is 45.1 Å². The SMILES string of the molecule is CCC(C)C(C(=O)NC(C)CCO)c1ccccc1. The molecule has 0 bridgehead atoms. The Morgan fingerprint density at radius 1 is 1.26 bits per heavy atom. The van der Waals surface area contributed by atoms with Crippen LogP contribution in [0.5, 0.6) is 0 Å². The number of hydrogen-bond donors (Lipinski definition) is 2. The average molecular weight is 263 g/mol. The second kappa shape index (κ2) is 7.95. The highest BCUT2D eigenvalue weighted by atomic mass is 16.3. The van der Waals surface area contributed by atoms with E-state index < -0.39 is 0 Å². The van der Waals surface area contributed by atoms with Gasteiger partial charge in [-0.3, -0.25) is 4.79 Å². The highest BCUT2D eigenvalue weighted by Crippen LogP contribution is 2.27. The Labute approximate surface area is 116 Å². The Bertz CT molecular complexity index is 378. The molecule has 106 valence electrons. The molecule has 1 aromatic rings. The Balaban J connectivity index is 2.83. The van der Waals surface area contributed by atoms with Crippen LogP contribution >= 0.6 is 0 Å². The highest BCUT2D eigenvalue weighted by Gasteiger charge is 2.26. The molecule has 0 aliphatic heterocycles. The quantitative estimate of drug-likeness (QED) is 0.794. The molecular weight excluding hydrogens is 238 g/mol. The van der Waals surface area contributed by atoms with Gasteiger partial charge in [-0.15, -0.1) is 0 Å². The summed E-state index contributed by atoms with van der Waals surface area (Å²) in [6.45, 7) is 6.23. The lowest BCUT2D eigenvalue weighted by Crippen LogP contribution is -2.38.